The predicted octanol–water partition coefficient (Wildman–Crippen LogP) is 4.20. The van der Waals surface area contributed by atoms with E-state index in [0.29, 0.717) is 0 Å². The summed E-state index contributed by atoms with van der Waals surface area (Å²) in [5.41, 5.74) is 1.03. The maximum atomic E-state index is 9.58. The van der Waals surface area contributed by atoms with Crippen LogP contribution in [0.25, 0.3) is 0 Å². The minimum atomic E-state index is -0.0128. The highest BCUT2D eigenvalue weighted by Crippen LogP contribution is 2.34. The molecule has 0 atom stereocenters. The number of rotatable bonds is 7. The van der Waals surface area contributed by atoms with Crippen LogP contribution in [0.4, 0.5) is 5.13 Å². The third kappa shape index (κ3) is 4.19. The molecule has 0 aliphatic rings. The fraction of sp³-hybridized carbons (Fsp3) is 0.812. The molecule has 0 spiro atoms. The van der Waals surface area contributed by atoms with E-state index in [0.717, 1.165) is 34.7 Å². The Morgan fingerprint density at radius 1 is 1.20 bits per heavy atom. The number of aromatic nitrogens is 1. The number of hydrogen-bond donors (Lipinski definition) is 1. The Hall–Kier alpha value is -0.610. The van der Waals surface area contributed by atoms with Crippen LogP contribution in [-0.4, -0.2) is 23.2 Å². The van der Waals surface area contributed by atoms with Crippen LogP contribution in [0.2, 0.25) is 0 Å². The van der Waals surface area contributed by atoms with Crippen LogP contribution in [0.5, 0.6) is 0 Å². The molecule has 0 radical (unpaired) electrons. The molecule has 3 nitrogen and oxygen atoms in total. The molecule has 1 heterocycles. The van der Waals surface area contributed by atoms with Crippen molar-refractivity contribution in [1.29, 1.82) is 0 Å². The van der Waals surface area contributed by atoms with Gasteiger partial charge in [-0.25, -0.2) is 4.98 Å². The van der Waals surface area contributed by atoms with Gasteiger partial charge in [0.25, 0.3) is 0 Å². The van der Waals surface area contributed by atoms with Crippen molar-refractivity contribution < 1.29 is 5.11 Å². The average Bonchev–Trinajstić information content (AvgIpc) is 2.84. The molecule has 1 rings (SSSR count). The van der Waals surface area contributed by atoms with Crippen LogP contribution < -0.4 is 4.90 Å². The molecule has 0 aromatic carbocycles. The second-order valence-corrected chi connectivity index (χ2v) is 7.46. The number of nitrogens with zero attached hydrogens (tertiary/aromatic N) is 2. The Bertz CT molecular complexity index is 405. The molecule has 1 aromatic rings. The summed E-state index contributed by atoms with van der Waals surface area (Å²) in [4.78, 5) is 8.20. The Kier molecular flexibility index (Phi) is 6.46. The summed E-state index contributed by atoms with van der Waals surface area (Å²) in [5, 5.41) is 10.6. The molecule has 1 aromatic heterocycles. The van der Waals surface area contributed by atoms with Gasteiger partial charge in [-0.2, -0.15) is 0 Å². The van der Waals surface area contributed by atoms with Crippen LogP contribution >= 0.6 is 11.3 Å². The van der Waals surface area contributed by atoms with Crippen LogP contribution in [0.15, 0.2) is 0 Å². The monoisotopic (exact) mass is 298 g/mol. The lowest BCUT2D eigenvalue weighted by atomic mass is 9.91. The van der Waals surface area contributed by atoms with Crippen LogP contribution in [0, 0.1) is 5.92 Å². The van der Waals surface area contributed by atoms with Gasteiger partial charge >= 0.3 is 0 Å². The zero-order valence-electron chi connectivity index (χ0n) is 13.9. The molecule has 0 saturated heterocycles. The number of anilines is 1. The molecule has 0 amide bonds. The zero-order valence-corrected chi connectivity index (χ0v) is 14.7. The van der Waals surface area contributed by atoms with E-state index in [2.05, 4.69) is 46.4 Å². The first-order valence-electron chi connectivity index (χ1n) is 7.73. The summed E-state index contributed by atoms with van der Waals surface area (Å²) in [6.45, 7) is 15.3. The normalized spacial score (nSPS) is 12.2. The van der Waals surface area contributed by atoms with Gasteiger partial charge in [0.15, 0.2) is 5.13 Å². The molecule has 0 aliphatic heterocycles. The molecular formula is C16H30N2OS. The van der Waals surface area contributed by atoms with Gasteiger partial charge < -0.3 is 10.0 Å². The van der Waals surface area contributed by atoms with Crippen molar-refractivity contribution in [3.05, 3.63) is 10.6 Å². The highest BCUT2D eigenvalue weighted by molar-refractivity contribution is 7.15. The number of aliphatic hydroxyl groups is 1. The third-order valence-corrected chi connectivity index (χ3v) is 4.93. The van der Waals surface area contributed by atoms with E-state index in [1.165, 1.54) is 12.8 Å². The smallest absolute Gasteiger partial charge is 0.185 e. The SMILES string of the molecule is CCC(CC)CN(CC)c1nc(C(C)(C)C)c(CO)s1. The van der Waals surface area contributed by atoms with E-state index in [1.807, 2.05) is 0 Å². The van der Waals surface area contributed by atoms with E-state index in [-0.39, 0.29) is 12.0 Å². The van der Waals surface area contributed by atoms with Crippen molar-refractivity contribution in [2.24, 2.45) is 5.92 Å². The van der Waals surface area contributed by atoms with Crippen molar-refractivity contribution in [2.75, 3.05) is 18.0 Å². The fourth-order valence-corrected chi connectivity index (χ4v) is 3.57. The molecule has 1 N–H and O–H groups in total. The molecular weight excluding hydrogens is 268 g/mol. The number of thiazole rings is 1. The highest BCUT2D eigenvalue weighted by Gasteiger charge is 2.24. The van der Waals surface area contributed by atoms with Crippen LogP contribution in [0.1, 0.15) is 65.0 Å². The molecule has 0 fully saturated rings. The van der Waals surface area contributed by atoms with Crippen LogP contribution in [-0.2, 0) is 12.0 Å². The Morgan fingerprint density at radius 3 is 2.15 bits per heavy atom. The van der Waals surface area contributed by atoms with Crippen molar-refractivity contribution in [3.63, 3.8) is 0 Å². The molecule has 0 aliphatic carbocycles. The third-order valence-electron chi connectivity index (χ3n) is 3.83. The fourth-order valence-electron chi connectivity index (χ4n) is 2.37. The standard InChI is InChI=1S/C16H30N2OS/c1-7-12(8-2)10-18(9-3)15-17-14(16(4,5)6)13(11-19)20-15/h12,19H,7-11H2,1-6H3. The summed E-state index contributed by atoms with van der Waals surface area (Å²) in [6, 6.07) is 0. The van der Waals surface area contributed by atoms with Crippen LogP contribution in [0.3, 0.4) is 0 Å². The first-order valence-corrected chi connectivity index (χ1v) is 8.54. The molecule has 20 heavy (non-hydrogen) atoms. The van der Waals surface area contributed by atoms with Gasteiger partial charge in [0.1, 0.15) is 0 Å². The summed E-state index contributed by atoms with van der Waals surface area (Å²) < 4.78 is 0. The van der Waals surface area contributed by atoms with Crippen molar-refractivity contribution in [1.82, 2.24) is 4.98 Å². The predicted molar refractivity (Wildman–Crippen MR) is 88.7 cm³/mol. The molecule has 0 unspecified atom stereocenters. The van der Waals surface area contributed by atoms with E-state index < -0.39 is 0 Å². The molecule has 0 bridgehead atoms. The highest BCUT2D eigenvalue weighted by atomic mass is 32.1. The van der Waals surface area contributed by atoms with Crippen molar-refractivity contribution >= 4 is 16.5 Å². The topological polar surface area (TPSA) is 36.4 Å². The molecule has 0 saturated carbocycles. The largest absolute Gasteiger partial charge is 0.391 e. The Balaban J connectivity index is 3.02. The minimum Gasteiger partial charge on any atom is -0.391 e. The Morgan fingerprint density at radius 2 is 1.80 bits per heavy atom. The lowest BCUT2D eigenvalue weighted by Gasteiger charge is -2.25. The van der Waals surface area contributed by atoms with E-state index >= 15 is 0 Å². The lowest BCUT2D eigenvalue weighted by molar-refractivity contribution is 0.282. The number of aliphatic hydroxyl groups excluding tert-OH is 1. The lowest BCUT2D eigenvalue weighted by Crippen LogP contribution is -2.29. The quantitative estimate of drug-likeness (QED) is 0.819. The van der Waals surface area contributed by atoms with E-state index in [1.54, 1.807) is 11.3 Å². The summed E-state index contributed by atoms with van der Waals surface area (Å²) in [7, 11) is 0. The summed E-state index contributed by atoms with van der Waals surface area (Å²) in [5.74, 6) is 0.717. The molecule has 116 valence electrons. The van der Waals surface area contributed by atoms with Crippen molar-refractivity contribution in [2.45, 2.75) is 66.4 Å². The summed E-state index contributed by atoms with van der Waals surface area (Å²) in [6.07, 6.45) is 2.41. The Labute approximate surface area is 128 Å². The maximum absolute atomic E-state index is 9.58. The average molecular weight is 298 g/mol. The second-order valence-electron chi connectivity index (χ2n) is 6.40. The number of hydrogen-bond acceptors (Lipinski definition) is 4. The first kappa shape index (κ1) is 17.4. The minimum absolute atomic E-state index is 0.0128. The van der Waals surface area contributed by atoms with Gasteiger partial charge in [0.05, 0.1) is 17.2 Å². The van der Waals surface area contributed by atoms with Gasteiger partial charge in [-0.1, -0.05) is 58.8 Å². The van der Waals surface area contributed by atoms with Gasteiger partial charge in [-0.3, -0.25) is 0 Å². The van der Waals surface area contributed by atoms with Gasteiger partial charge in [-0.15, -0.1) is 0 Å². The first-order chi connectivity index (χ1) is 9.37. The maximum Gasteiger partial charge on any atom is 0.185 e. The van der Waals surface area contributed by atoms with Gasteiger partial charge in [-0.05, 0) is 12.8 Å². The van der Waals surface area contributed by atoms with E-state index in [9.17, 15) is 5.11 Å². The van der Waals surface area contributed by atoms with Gasteiger partial charge in [0, 0.05) is 18.5 Å². The second kappa shape index (κ2) is 7.41. The summed E-state index contributed by atoms with van der Waals surface area (Å²) >= 11 is 1.65. The van der Waals surface area contributed by atoms with E-state index in [4.69, 9.17) is 4.98 Å². The van der Waals surface area contributed by atoms with Gasteiger partial charge in [0.2, 0.25) is 0 Å². The molecule has 4 heteroatoms. The zero-order chi connectivity index (χ0) is 15.3. The van der Waals surface area contributed by atoms with Crippen molar-refractivity contribution in [3.8, 4) is 0 Å².